The molecule has 2 rings (SSSR count). The summed E-state index contributed by atoms with van der Waals surface area (Å²) in [5.74, 6) is -0.256. The molecule has 0 spiro atoms. The smallest absolute Gasteiger partial charge is 0.141 e. The highest BCUT2D eigenvalue weighted by Gasteiger charge is 2.34. The van der Waals surface area contributed by atoms with E-state index in [0.717, 1.165) is 12.1 Å². The summed E-state index contributed by atoms with van der Waals surface area (Å²) in [6.07, 6.45) is 8.21. The number of pyridine rings is 1. The first-order valence-electron chi connectivity index (χ1n) is 6.04. The normalized spacial score (nSPS) is 18.1. The van der Waals surface area contributed by atoms with Crippen molar-refractivity contribution in [1.29, 1.82) is 0 Å². The SMILES string of the molecule is CCC1(CNCc2cncc(F)c2)CCC1. The minimum atomic E-state index is -0.256. The summed E-state index contributed by atoms with van der Waals surface area (Å²) in [5, 5.41) is 3.42. The van der Waals surface area contributed by atoms with Gasteiger partial charge in [-0.3, -0.25) is 4.98 Å². The average molecular weight is 222 g/mol. The first-order chi connectivity index (χ1) is 7.74. The first-order valence-corrected chi connectivity index (χ1v) is 6.04. The Morgan fingerprint density at radius 3 is 2.81 bits per heavy atom. The molecule has 0 atom stereocenters. The minimum Gasteiger partial charge on any atom is -0.312 e. The second kappa shape index (κ2) is 4.91. The summed E-state index contributed by atoms with van der Waals surface area (Å²) < 4.78 is 12.9. The van der Waals surface area contributed by atoms with Crippen molar-refractivity contribution in [2.75, 3.05) is 6.54 Å². The van der Waals surface area contributed by atoms with E-state index in [4.69, 9.17) is 0 Å². The van der Waals surface area contributed by atoms with Gasteiger partial charge in [-0.2, -0.15) is 0 Å². The van der Waals surface area contributed by atoms with Crippen LogP contribution in [0.1, 0.15) is 38.2 Å². The standard InChI is InChI=1S/C13H19FN2/c1-2-13(4-3-5-13)10-16-8-11-6-12(14)9-15-7-11/h6-7,9,16H,2-5,8,10H2,1H3. The summed E-state index contributed by atoms with van der Waals surface area (Å²) in [4.78, 5) is 3.84. The van der Waals surface area contributed by atoms with Crippen LogP contribution in [-0.4, -0.2) is 11.5 Å². The lowest BCUT2D eigenvalue weighted by Crippen LogP contribution is -2.39. The van der Waals surface area contributed by atoms with Crippen LogP contribution in [0.3, 0.4) is 0 Å². The Morgan fingerprint density at radius 2 is 2.25 bits per heavy atom. The number of rotatable bonds is 5. The van der Waals surface area contributed by atoms with E-state index in [1.807, 2.05) is 0 Å². The van der Waals surface area contributed by atoms with Gasteiger partial charge in [0, 0.05) is 19.3 Å². The van der Waals surface area contributed by atoms with Crippen molar-refractivity contribution in [2.45, 2.75) is 39.2 Å². The van der Waals surface area contributed by atoms with Crippen molar-refractivity contribution in [2.24, 2.45) is 5.41 Å². The van der Waals surface area contributed by atoms with Crippen molar-refractivity contribution >= 4 is 0 Å². The zero-order valence-corrected chi connectivity index (χ0v) is 9.80. The van der Waals surface area contributed by atoms with E-state index in [2.05, 4.69) is 17.2 Å². The van der Waals surface area contributed by atoms with E-state index in [-0.39, 0.29) is 5.82 Å². The fraction of sp³-hybridized carbons (Fsp3) is 0.615. The van der Waals surface area contributed by atoms with Crippen molar-refractivity contribution in [3.8, 4) is 0 Å². The highest BCUT2D eigenvalue weighted by atomic mass is 19.1. The highest BCUT2D eigenvalue weighted by molar-refractivity contribution is 5.09. The van der Waals surface area contributed by atoms with E-state index in [1.54, 1.807) is 12.3 Å². The number of hydrogen-bond acceptors (Lipinski definition) is 2. The molecule has 0 aromatic carbocycles. The topological polar surface area (TPSA) is 24.9 Å². The molecule has 1 aliphatic rings. The van der Waals surface area contributed by atoms with Crippen LogP contribution in [0.5, 0.6) is 0 Å². The van der Waals surface area contributed by atoms with Gasteiger partial charge in [-0.05, 0) is 36.3 Å². The monoisotopic (exact) mass is 222 g/mol. The molecule has 0 aliphatic heterocycles. The molecule has 0 saturated heterocycles. The lowest BCUT2D eigenvalue weighted by Gasteiger charge is -2.41. The predicted molar refractivity (Wildman–Crippen MR) is 62.5 cm³/mol. The van der Waals surface area contributed by atoms with Gasteiger partial charge in [0.2, 0.25) is 0 Å². The van der Waals surface area contributed by atoms with Gasteiger partial charge in [0.05, 0.1) is 6.20 Å². The third-order valence-electron chi connectivity index (χ3n) is 3.75. The third kappa shape index (κ3) is 2.59. The maximum absolute atomic E-state index is 12.9. The van der Waals surface area contributed by atoms with Crippen molar-refractivity contribution < 1.29 is 4.39 Å². The van der Waals surface area contributed by atoms with Crippen LogP contribution < -0.4 is 5.32 Å². The Bertz CT molecular complexity index is 342. The molecule has 2 nitrogen and oxygen atoms in total. The van der Waals surface area contributed by atoms with E-state index < -0.39 is 0 Å². The summed E-state index contributed by atoms with van der Waals surface area (Å²) in [6.45, 7) is 4.01. The fourth-order valence-electron chi connectivity index (χ4n) is 2.36. The Morgan fingerprint density at radius 1 is 1.44 bits per heavy atom. The quantitative estimate of drug-likeness (QED) is 0.828. The van der Waals surface area contributed by atoms with Crippen molar-refractivity contribution in [3.05, 3.63) is 29.8 Å². The van der Waals surface area contributed by atoms with Crippen molar-refractivity contribution in [1.82, 2.24) is 10.3 Å². The van der Waals surface area contributed by atoms with Crippen molar-refractivity contribution in [3.63, 3.8) is 0 Å². The molecule has 1 N–H and O–H groups in total. The molecule has 0 bridgehead atoms. The molecular weight excluding hydrogens is 203 g/mol. The number of nitrogens with zero attached hydrogens (tertiary/aromatic N) is 1. The second-order valence-corrected chi connectivity index (χ2v) is 4.82. The Hall–Kier alpha value is -0.960. The summed E-state index contributed by atoms with van der Waals surface area (Å²) in [7, 11) is 0. The van der Waals surface area contributed by atoms with E-state index >= 15 is 0 Å². The van der Waals surface area contributed by atoms with Gasteiger partial charge in [0.15, 0.2) is 0 Å². The Kier molecular flexibility index (Phi) is 3.54. The van der Waals surface area contributed by atoms with Gasteiger partial charge < -0.3 is 5.32 Å². The molecule has 1 aliphatic carbocycles. The molecule has 1 aromatic rings. The third-order valence-corrected chi connectivity index (χ3v) is 3.75. The van der Waals surface area contributed by atoms with Crippen LogP contribution >= 0.6 is 0 Å². The van der Waals surface area contributed by atoms with Crippen LogP contribution in [0.2, 0.25) is 0 Å². The molecular formula is C13H19FN2. The predicted octanol–water partition coefficient (Wildman–Crippen LogP) is 2.89. The van der Waals surface area contributed by atoms with Gasteiger partial charge in [0.1, 0.15) is 5.82 Å². The molecule has 16 heavy (non-hydrogen) atoms. The summed E-state index contributed by atoms with van der Waals surface area (Å²) >= 11 is 0. The Labute approximate surface area is 96.3 Å². The lowest BCUT2D eigenvalue weighted by molar-refractivity contribution is 0.124. The van der Waals surface area contributed by atoms with Gasteiger partial charge in [-0.25, -0.2) is 4.39 Å². The van der Waals surface area contributed by atoms with Crippen LogP contribution in [0.4, 0.5) is 4.39 Å². The zero-order chi connectivity index (χ0) is 11.4. The van der Waals surface area contributed by atoms with Gasteiger partial charge >= 0.3 is 0 Å². The van der Waals surface area contributed by atoms with Crippen LogP contribution in [0.15, 0.2) is 18.5 Å². The minimum absolute atomic E-state index is 0.256. The van der Waals surface area contributed by atoms with Gasteiger partial charge in [-0.1, -0.05) is 13.3 Å². The van der Waals surface area contributed by atoms with Crippen LogP contribution in [0, 0.1) is 11.2 Å². The number of hydrogen-bond donors (Lipinski definition) is 1. The molecule has 88 valence electrons. The molecule has 1 aromatic heterocycles. The first kappa shape index (κ1) is 11.5. The van der Waals surface area contributed by atoms with Gasteiger partial charge in [0.25, 0.3) is 0 Å². The molecule has 1 fully saturated rings. The largest absolute Gasteiger partial charge is 0.312 e. The average Bonchev–Trinajstić information content (AvgIpc) is 2.22. The molecule has 1 heterocycles. The Balaban J connectivity index is 1.79. The van der Waals surface area contributed by atoms with E-state index in [0.29, 0.717) is 12.0 Å². The maximum Gasteiger partial charge on any atom is 0.141 e. The molecule has 3 heteroatoms. The summed E-state index contributed by atoms with van der Waals surface area (Å²) in [6, 6.07) is 1.54. The number of nitrogens with one attached hydrogen (secondary N) is 1. The van der Waals surface area contributed by atoms with Gasteiger partial charge in [-0.15, -0.1) is 0 Å². The van der Waals surface area contributed by atoms with Crippen LogP contribution in [-0.2, 0) is 6.54 Å². The summed E-state index contributed by atoms with van der Waals surface area (Å²) in [5.41, 5.74) is 1.44. The van der Waals surface area contributed by atoms with E-state index in [1.165, 1.54) is 31.9 Å². The second-order valence-electron chi connectivity index (χ2n) is 4.82. The van der Waals surface area contributed by atoms with E-state index in [9.17, 15) is 4.39 Å². The molecule has 0 radical (unpaired) electrons. The number of aromatic nitrogens is 1. The maximum atomic E-state index is 12.9. The lowest BCUT2D eigenvalue weighted by atomic mass is 9.67. The number of halogens is 1. The zero-order valence-electron chi connectivity index (χ0n) is 9.80. The molecule has 0 unspecified atom stereocenters. The fourth-order valence-corrected chi connectivity index (χ4v) is 2.36. The molecule has 1 saturated carbocycles. The van der Waals surface area contributed by atoms with Crippen LogP contribution in [0.25, 0.3) is 0 Å². The highest BCUT2D eigenvalue weighted by Crippen LogP contribution is 2.43. The molecule has 0 amide bonds.